The maximum atomic E-state index is 13.7. The minimum atomic E-state index is -3.47. The van der Waals surface area contributed by atoms with Gasteiger partial charge < -0.3 is 10.3 Å². The second-order valence-corrected chi connectivity index (χ2v) is 10.9. The van der Waals surface area contributed by atoms with Crippen molar-refractivity contribution >= 4 is 20.9 Å². The van der Waals surface area contributed by atoms with E-state index in [1.807, 2.05) is 37.3 Å². The lowest BCUT2D eigenvalue weighted by atomic mass is 9.95. The third-order valence-electron chi connectivity index (χ3n) is 6.76. The molecule has 5 rings (SSSR count). The van der Waals surface area contributed by atoms with E-state index in [0.29, 0.717) is 10.8 Å². The highest BCUT2D eigenvalue weighted by molar-refractivity contribution is 7.92. The van der Waals surface area contributed by atoms with Crippen molar-refractivity contribution in [3.63, 3.8) is 0 Å². The fourth-order valence-corrected chi connectivity index (χ4v) is 7.31. The van der Waals surface area contributed by atoms with Gasteiger partial charge in [-0.2, -0.15) is 0 Å². The number of benzene rings is 2. The summed E-state index contributed by atoms with van der Waals surface area (Å²) in [5, 5.41) is 2.95. The molecule has 0 radical (unpaired) electrons. The van der Waals surface area contributed by atoms with Crippen molar-refractivity contribution in [2.24, 2.45) is 0 Å². The fourth-order valence-electron chi connectivity index (χ4n) is 5.15. The second-order valence-electron chi connectivity index (χ2n) is 8.90. The van der Waals surface area contributed by atoms with E-state index >= 15 is 0 Å². The number of para-hydroxylation sites is 2. The van der Waals surface area contributed by atoms with E-state index in [-0.39, 0.29) is 6.04 Å². The second kappa shape index (κ2) is 8.37. The molecule has 3 heterocycles. The molecule has 2 atom stereocenters. The third-order valence-corrected chi connectivity index (χ3v) is 8.94. The number of sulfone groups is 1. The number of hydrogen-bond acceptors (Lipinski definition) is 5. The Kier molecular flexibility index (Phi) is 5.58. The van der Waals surface area contributed by atoms with Crippen LogP contribution in [0.4, 0.5) is 0 Å². The number of aryl methyl sites for hydroxylation is 1. The Morgan fingerprint density at radius 2 is 1.87 bits per heavy atom. The van der Waals surface area contributed by atoms with Gasteiger partial charge in [-0.25, -0.2) is 13.4 Å². The molecule has 6 nitrogen and oxygen atoms in total. The largest absolute Gasteiger partial charge is 0.342 e. The molecule has 2 saturated heterocycles. The highest BCUT2D eigenvalue weighted by atomic mass is 32.2. The molecule has 31 heavy (non-hydrogen) atoms. The SMILES string of the molecule is Cc1cccc(S(=O)(=O)C(C2CCCN2)N2CCC(c3nc4ccccc4[nH]3)CC2)c1. The van der Waals surface area contributed by atoms with E-state index in [2.05, 4.69) is 21.3 Å². The number of nitrogens with one attached hydrogen (secondary N) is 2. The number of aromatic amines is 1. The molecule has 0 spiro atoms. The predicted octanol–water partition coefficient (Wildman–Crippen LogP) is 3.60. The molecule has 164 valence electrons. The van der Waals surface area contributed by atoms with E-state index in [0.717, 1.165) is 67.7 Å². The minimum Gasteiger partial charge on any atom is -0.342 e. The Morgan fingerprint density at radius 1 is 1.06 bits per heavy atom. The lowest BCUT2D eigenvalue weighted by Gasteiger charge is -2.39. The van der Waals surface area contributed by atoms with Crippen LogP contribution in [0.1, 0.15) is 43.0 Å². The van der Waals surface area contributed by atoms with Crippen molar-refractivity contribution < 1.29 is 8.42 Å². The molecule has 2 aliphatic rings. The van der Waals surface area contributed by atoms with Crippen LogP contribution in [0.2, 0.25) is 0 Å². The Balaban J connectivity index is 1.38. The van der Waals surface area contributed by atoms with Crippen molar-refractivity contribution in [3.05, 3.63) is 59.9 Å². The molecule has 0 amide bonds. The van der Waals surface area contributed by atoms with Crippen LogP contribution in [0.15, 0.2) is 53.4 Å². The Hall–Kier alpha value is -2.22. The topological polar surface area (TPSA) is 78.1 Å². The number of piperidine rings is 1. The van der Waals surface area contributed by atoms with Gasteiger partial charge in [0.1, 0.15) is 11.2 Å². The zero-order valence-electron chi connectivity index (χ0n) is 17.9. The molecule has 0 saturated carbocycles. The normalized spacial score (nSPS) is 22.2. The summed E-state index contributed by atoms with van der Waals surface area (Å²) in [6.45, 7) is 4.35. The number of imidazole rings is 1. The summed E-state index contributed by atoms with van der Waals surface area (Å²) >= 11 is 0. The molecule has 2 unspecified atom stereocenters. The highest BCUT2D eigenvalue weighted by Crippen LogP contribution is 2.33. The first-order chi connectivity index (χ1) is 15.0. The summed E-state index contributed by atoms with van der Waals surface area (Å²) < 4.78 is 27.5. The molecule has 2 aromatic carbocycles. The molecule has 2 fully saturated rings. The molecule has 0 bridgehead atoms. The summed E-state index contributed by atoms with van der Waals surface area (Å²) in [5.74, 6) is 1.36. The number of nitrogens with zero attached hydrogens (tertiary/aromatic N) is 2. The minimum absolute atomic E-state index is 0.0201. The van der Waals surface area contributed by atoms with Gasteiger partial charge in [0.25, 0.3) is 0 Å². The standard InChI is InChI=1S/C24H30N4O2S/c1-17-6-4-7-19(16-17)31(29,30)24(22-10-5-13-25-22)28-14-11-18(12-15-28)23-26-20-8-2-3-9-21(20)27-23/h2-4,6-9,16,18,22,24-25H,5,10-15H2,1H3,(H,26,27). The van der Waals surface area contributed by atoms with Gasteiger partial charge in [-0.1, -0.05) is 24.3 Å². The van der Waals surface area contributed by atoms with Gasteiger partial charge in [-0.3, -0.25) is 4.90 Å². The van der Waals surface area contributed by atoms with Crippen LogP contribution in [0.25, 0.3) is 11.0 Å². The summed E-state index contributed by atoms with van der Waals surface area (Å²) in [6, 6.07) is 15.4. The Morgan fingerprint density at radius 3 is 2.58 bits per heavy atom. The maximum Gasteiger partial charge on any atom is 0.195 e. The predicted molar refractivity (Wildman–Crippen MR) is 123 cm³/mol. The zero-order valence-corrected chi connectivity index (χ0v) is 18.7. The van der Waals surface area contributed by atoms with Gasteiger partial charge >= 0.3 is 0 Å². The summed E-state index contributed by atoms with van der Waals surface area (Å²) in [7, 11) is -3.47. The van der Waals surface area contributed by atoms with Crippen LogP contribution >= 0.6 is 0 Å². The lowest BCUT2D eigenvalue weighted by Crippen LogP contribution is -2.54. The van der Waals surface area contributed by atoms with E-state index in [4.69, 9.17) is 4.98 Å². The maximum absolute atomic E-state index is 13.7. The molecule has 0 aliphatic carbocycles. The quantitative estimate of drug-likeness (QED) is 0.636. The summed E-state index contributed by atoms with van der Waals surface area (Å²) in [6.07, 6.45) is 3.75. The zero-order chi connectivity index (χ0) is 21.4. The van der Waals surface area contributed by atoms with E-state index < -0.39 is 15.2 Å². The van der Waals surface area contributed by atoms with Crippen molar-refractivity contribution in [2.45, 2.75) is 54.8 Å². The highest BCUT2D eigenvalue weighted by Gasteiger charge is 2.42. The average molecular weight is 439 g/mol. The lowest BCUT2D eigenvalue weighted by molar-refractivity contribution is 0.168. The summed E-state index contributed by atoms with van der Waals surface area (Å²) in [4.78, 5) is 10.9. The van der Waals surface area contributed by atoms with E-state index in [9.17, 15) is 8.42 Å². The van der Waals surface area contributed by atoms with E-state index in [1.54, 1.807) is 12.1 Å². The first kappa shape index (κ1) is 20.7. The van der Waals surface area contributed by atoms with Gasteiger partial charge in [-0.05, 0) is 69.0 Å². The molecular formula is C24H30N4O2S. The Labute approximate surface area is 184 Å². The average Bonchev–Trinajstić information content (AvgIpc) is 3.44. The monoisotopic (exact) mass is 438 g/mol. The van der Waals surface area contributed by atoms with Gasteiger partial charge in [0.05, 0.1) is 15.9 Å². The summed E-state index contributed by atoms with van der Waals surface area (Å²) in [5.41, 5.74) is 3.03. The number of fused-ring (bicyclic) bond motifs is 1. The molecular weight excluding hydrogens is 408 g/mol. The third kappa shape index (κ3) is 4.02. The number of rotatable bonds is 5. The van der Waals surface area contributed by atoms with Gasteiger partial charge in [0, 0.05) is 25.0 Å². The van der Waals surface area contributed by atoms with Crippen LogP contribution in [-0.2, 0) is 9.84 Å². The number of aromatic nitrogens is 2. The van der Waals surface area contributed by atoms with Crippen molar-refractivity contribution in [1.29, 1.82) is 0 Å². The van der Waals surface area contributed by atoms with Gasteiger partial charge in [-0.15, -0.1) is 0 Å². The molecule has 7 heteroatoms. The molecule has 1 aromatic heterocycles. The number of H-pyrrole nitrogens is 1. The Bertz CT molecular complexity index is 1130. The van der Waals surface area contributed by atoms with E-state index in [1.165, 1.54) is 0 Å². The smallest absolute Gasteiger partial charge is 0.195 e. The van der Waals surface area contributed by atoms with Crippen molar-refractivity contribution in [1.82, 2.24) is 20.2 Å². The van der Waals surface area contributed by atoms with Crippen LogP contribution in [0.5, 0.6) is 0 Å². The van der Waals surface area contributed by atoms with Crippen LogP contribution in [0, 0.1) is 6.92 Å². The fraction of sp³-hybridized carbons (Fsp3) is 0.458. The van der Waals surface area contributed by atoms with Gasteiger partial charge in [0.15, 0.2) is 9.84 Å². The molecule has 3 aromatic rings. The van der Waals surface area contributed by atoms with Crippen molar-refractivity contribution in [3.8, 4) is 0 Å². The van der Waals surface area contributed by atoms with Gasteiger partial charge in [0.2, 0.25) is 0 Å². The van der Waals surface area contributed by atoms with Crippen LogP contribution in [0.3, 0.4) is 0 Å². The molecule has 2 aliphatic heterocycles. The van der Waals surface area contributed by atoms with Crippen LogP contribution < -0.4 is 5.32 Å². The van der Waals surface area contributed by atoms with Crippen molar-refractivity contribution in [2.75, 3.05) is 19.6 Å². The van der Waals surface area contributed by atoms with Crippen LogP contribution in [-0.4, -0.2) is 54.3 Å². The molecule has 2 N–H and O–H groups in total. The first-order valence-corrected chi connectivity index (χ1v) is 12.8. The first-order valence-electron chi connectivity index (χ1n) is 11.2. The number of hydrogen-bond donors (Lipinski definition) is 2. The number of likely N-dealkylation sites (tertiary alicyclic amines) is 1.